The number of rotatable bonds is 6. The predicted octanol–water partition coefficient (Wildman–Crippen LogP) is 4.24. The standard InChI is InChI=1S/C33H42Cl3N5O8S/c1-32(2,3)49-31(46)38-24-10-8-6-4-5-7-9-18-16-33(18,30(45)40-50(47,48)21-11-12-21)39-27(42)25-15-20(17-41(25)29(24)44)37-28(43)26-22(35)13-19(34)14-23(26)36/h7,9,13-14,18,20-21,24-25H,4-6,8,10-12,15-17H2,1-3H3,(H,37,43)(H,38,46)(H,39,42)(H,40,45)/b9-7-/t18-,20-,24+,25+,33-/m1/s1. The van der Waals surface area contributed by atoms with Crippen molar-refractivity contribution in [2.45, 2.75) is 113 Å². The molecule has 5 amide bonds. The number of alkyl carbamates (subject to hydrolysis) is 1. The molecule has 4 N–H and O–H groups in total. The minimum Gasteiger partial charge on any atom is -0.444 e. The van der Waals surface area contributed by atoms with Gasteiger partial charge < -0.3 is 25.6 Å². The van der Waals surface area contributed by atoms with E-state index >= 15 is 0 Å². The van der Waals surface area contributed by atoms with Crippen LogP contribution in [0, 0.1) is 5.92 Å². The van der Waals surface area contributed by atoms with Gasteiger partial charge in [0.2, 0.25) is 21.8 Å². The molecule has 1 aromatic rings. The number of hydrogen-bond donors (Lipinski definition) is 4. The maximum absolute atomic E-state index is 14.3. The molecule has 50 heavy (non-hydrogen) atoms. The molecule has 0 radical (unpaired) electrons. The number of allylic oxidation sites excluding steroid dienone is 1. The largest absolute Gasteiger partial charge is 0.444 e. The zero-order valence-electron chi connectivity index (χ0n) is 28.0. The fraction of sp³-hybridized carbons (Fsp3) is 0.606. The second-order valence-electron chi connectivity index (χ2n) is 14.4. The zero-order valence-corrected chi connectivity index (χ0v) is 31.1. The van der Waals surface area contributed by atoms with E-state index in [1.807, 2.05) is 12.2 Å². The summed E-state index contributed by atoms with van der Waals surface area (Å²) < 4.78 is 33.0. The summed E-state index contributed by atoms with van der Waals surface area (Å²) in [7, 11) is -3.92. The van der Waals surface area contributed by atoms with Crippen LogP contribution in [0.5, 0.6) is 0 Å². The minimum atomic E-state index is -3.92. The molecule has 2 saturated carbocycles. The maximum atomic E-state index is 14.3. The highest BCUT2D eigenvalue weighted by Gasteiger charge is 2.62. The van der Waals surface area contributed by atoms with Crippen LogP contribution in [0.4, 0.5) is 4.79 Å². The van der Waals surface area contributed by atoms with E-state index in [9.17, 15) is 32.4 Å². The Morgan fingerprint density at radius 2 is 1.68 bits per heavy atom. The Morgan fingerprint density at radius 1 is 1.00 bits per heavy atom. The van der Waals surface area contributed by atoms with Crippen LogP contribution in [-0.4, -0.2) is 84.1 Å². The Morgan fingerprint density at radius 3 is 2.32 bits per heavy atom. The Bertz CT molecular complexity index is 1670. The molecular formula is C33H42Cl3N5O8S. The number of amides is 5. The quantitative estimate of drug-likeness (QED) is 0.310. The van der Waals surface area contributed by atoms with Crippen LogP contribution < -0.4 is 20.7 Å². The number of carbonyl (C=O) groups is 5. The lowest BCUT2D eigenvalue weighted by Crippen LogP contribution is -2.58. The third-order valence-electron chi connectivity index (χ3n) is 9.14. The van der Waals surface area contributed by atoms with Gasteiger partial charge in [0.05, 0.1) is 20.9 Å². The van der Waals surface area contributed by atoms with E-state index in [0.29, 0.717) is 25.7 Å². The summed E-state index contributed by atoms with van der Waals surface area (Å²) >= 11 is 18.6. The first-order valence-corrected chi connectivity index (χ1v) is 19.4. The van der Waals surface area contributed by atoms with E-state index in [2.05, 4.69) is 20.7 Å². The van der Waals surface area contributed by atoms with Gasteiger partial charge in [-0.25, -0.2) is 13.2 Å². The average Bonchev–Trinajstić information content (AvgIpc) is 3.91. The van der Waals surface area contributed by atoms with E-state index in [-0.39, 0.29) is 46.4 Å². The average molecular weight is 775 g/mol. The van der Waals surface area contributed by atoms with Gasteiger partial charge in [0.15, 0.2) is 0 Å². The molecule has 5 rings (SSSR count). The summed E-state index contributed by atoms with van der Waals surface area (Å²) in [4.78, 5) is 69.5. The molecule has 2 aliphatic heterocycles. The Hall–Kier alpha value is -3.07. The second kappa shape index (κ2) is 14.9. The third-order valence-corrected chi connectivity index (χ3v) is 11.8. The molecule has 2 heterocycles. The first kappa shape index (κ1) is 38.2. The molecule has 3 fully saturated rings. The van der Waals surface area contributed by atoms with Crippen molar-refractivity contribution in [3.63, 3.8) is 0 Å². The highest BCUT2D eigenvalue weighted by Crippen LogP contribution is 2.46. The van der Waals surface area contributed by atoms with Crippen molar-refractivity contribution in [2.24, 2.45) is 5.92 Å². The number of hydrogen-bond acceptors (Lipinski definition) is 8. The van der Waals surface area contributed by atoms with Gasteiger partial charge >= 0.3 is 6.09 Å². The highest BCUT2D eigenvalue weighted by molar-refractivity contribution is 7.91. The summed E-state index contributed by atoms with van der Waals surface area (Å²) in [6.07, 6.45) is 6.89. The summed E-state index contributed by atoms with van der Waals surface area (Å²) in [5.74, 6) is -3.25. The van der Waals surface area contributed by atoms with Crippen molar-refractivity contribution >= 4 is 74.5 Å². The number of nitrogens with one attached hydrogen (secondary N) is 4. The number of nitrogens with zero attached hydrogens (tertiary/aromatic N) is 1. The number of ether oxygens (including phenoxy) is 1. The van der Waals surface area contributed by atoms with Gasteiger partial charge in [0, 0.05) is 23.5 Å². The topological polar surface area (TPSA) is 180 Å². The van der Waals surface area contributed by atoms with Crippen LogP contribution in [0.1, 0.15) is 88.9 Å². The SMILES string of the molecule is CC(C)(C)OC(=O)N[C@H]1CCCCC/C=C\[C@@H]2C[C@@]2(C(=O)NS(=O)(=O)C2CC2)NC(=O)[C@@H]2C[C@@H](NC(=O)c3c(Cl)cc(Cl)cc3Cl)CN2C1=O. The first-order chi connectivity index (χ1) is 23.4. The summed E-state index contributed by atoms with van der Waals surface area (Å²) in [6.45, 7) is 4.95. The van der Waals surface area contributed by atoms with Gasteiger partial charge in [-0.05, 0) is 77.8 Å². The van der Waals surface area contributed by atoms with Crippen molar-refractivity contribution < 1.29 is 37.1 Å². The molecule has 0 aromatic heterocycles. The van der Waals surface area contributed by atoms with E-state index < -0.39 is 80.2 Å². The lowest BCUT2D eigenvalue weighted by atomic mass is 10.0. The molecule has 2 aliphatic carbocycles. The van der Waals surface area contributed by atoms with Crippen LogP contribution in [-0.2, 0) is 29.1 Å². The van der Waals surface area contributed by atoms with Gasteiger partial charge in [0.1, 0.15) is 23.2 Å². The van der Waals surface area contributed by atoms with Crippen molar-refractivity contribution in [2.75, 3.05) is 6.54 Å². The normalized spacial score (nSPS) is 28.2. The Balaban J connectivity index is 1.44. The number of benzene rings is 1. The van der Waals surface area contributed by atoms with E-state index in [4.69, 9.17) is 39.5 Å². The van der Waals surface area contributed by atoms with Crippen molar-refractivity contribution in [3.05, 3.63) is 44.9 Å². The zero-order chi connectivity index (χ0) is 36.6. The molecular weight excluding hydrogens is 733 g/mol. The van der Waals surface area contributed by atoms with E-state index in [1.54, 1.807) is 20.8 Å². The van der Waals surface area contributed by atoms with Gasteiger partial charge in [-0.3, -0.25) is 23.9 Å². The lowest BCUT2D eigenvalue weighted by Gasteiger charge is -2.30. The molecule has 274 valence electrons. The molecule has 5 atom stereocenters. The maximum Gasteiger partial charge on any atom is 0.408 e. The molecule has 1 aromatic carbocycles. The van der Waals surface area contributed by atoms with E-state index in [1.165, 1.54) is 17.0 Å². The smallest absolute Gasteiger partial charge is 0.408 e. The fourth-order valence-electron chi connectivity index (χ4n) is 6.37. The van der Waals surface area contributed by atoms with Crippen molar-refractivity contribution in [1.82, 2.24) is 25.6 Å². The van der Waals surface area contributed by atoms with Crippen molar-refractivity contribution in [1.29, 1.82) is 0 Å². The number of halogens is 3. The molecule has 4 aliphatic rings. The van der Waals surface area contributed by atoms with Gasteiger partial charge in [-0.1, -0.05) is 59.8 Å². The molecule has 0 spiro atoms. The minimum absolute atomic E-state index is 0.00483. The molecule has 17 heteroatoms. The third kappa shape index (κ3) is 9.04. The fourth-order valence-corrected chi connectivity index (χ4v) is 8.72. The molecule has 1 saturated heterocycles. The molecule has 0 bridgehead atoms. The van der Waals surface area contributed by atoms with Crippen LogP contribution in [0.25, 0.3) is 0 Å². The first-order valence-electron chi connectivity index (χ1n) is 16.7. The lowest BCUT2D eigenvalue weighted by molar-refractivity contribution is -0.141. The number of carbonyl (C=O) groups excluding carboxylic acids is 5. The van der Waals surface area contributed by atoms with Crippen LogP contribution in [0.3, 0.4) is 0 Å². The van der Waals surface area contributed by atoms with Crippen LogP contribution in [0.15, 0.2) is 24.3 Å². The van der Waals surface area contributed by atoms with E-state index in [0.717, 1.165) is 12.8 Å². The van der Waals surface area contributed by atoms with Gasteiger partial charge in [0.25, 0.3) is 11.8 Å². The summed E-state index contributed by atoms with van der Waals surface area (Å²) in [5, 5.41) is 7.84. The second-order valence-corrected chi connectivity index (χ2v) is 17.6. The number of fused-ring (bicyclic) bond motifs is 2. The predicted molar refractivity (Wildman–Crippen MR) is 187 cm³/mol. The summed E-state index contributed by atoms with van der Waals surface area (Å²) in [5.41, 5.74) is -2.43. The van der Waals surface area contributed by atoms with Crippen molar-refractivity contribution in [3.8, 4) is 0 Å². The van der Waals surface area contributed by atoms with Crippen LogP contribution >= 0.6 is 34.8 Å². The highest BCUT2D eigenvalue weighted by atomic mass is 35.5. The van der Waals surface area contributed by atoms with Crippen LogP contribution in [0.2, 0.25) is 15.1 Å². The van der Waals surface area contributed by atoms with Gasteiger partial charge in [-0.15, -0.1) is 0 Å². The Labute approximate surface area is 306 Å². The number of sulfonamides is 1. The summed E-state index contributed by atoms with van der Waals surface area (Å²) in [6, 6.07) is -0.320. The Kier molecular flexibility index (Phi) is 11.4. The monoisotopic (exact) mass is 773 g/mol. The molecule has 13 nitrogen and oxygen atoms in total. The molecule has 0 unspecified atom stereocenters. The van der Waals surface area contributed by atoms with Gasteiger partial charge in [-0.2, -0.15) is 0 Å².